The second kappa shape index (κ2) is 6.36. The minimum absolute atomic E-state index is 0.141. The van der Waals surface area contributed by atoms with Crippen LogP contribution in [0.2, 0.25) is 0 Å². The Morgan fingerprint density at radius 1 is 1.44 bits per heavy atom. The molecule has 1 saturated heterocycles. The summed E-state index contributed by atoms with van der Waals surface area (Å²) in [5.41, 5.74) is 1.09. The van der Waals surface area contributed by atoms with Gasteiger partial charge in [-0.3, -0.25) is 0 Å². The smallest absolute Gasteiger partial charge is 0.0916 e. The van der Waals surface area contributed by atoms with Gasteiger partial charge in [-0.15, -0.1) is 11.3 Å². The monoisotopic (exact) mass is 267 g/mol. The van der Waals surface area contributed by atoms with E-state index in [-0.39, 0.29) is 6.61 Å². The molecule has 0 atom stereocenters. The SMILES string of the molecule is CC(C)C(=Cc1ccc(N2CCOCC2)s1)CO. The van der Waals surface area contributed by atoms with Crippen LogP contribution >= 0.6 is 11.3 Å². The van der Waals surface area contributed by atoms with E-state index >= 15 is 0 Å². The van der Waals surface area contributed by atoms with Crippen LogP contribution in [0.25, 0.3) is 6.08 Å². The highest BCUT2D eigenvalue weighted by atomic mass is 32.1. The van der Waals surface area contributed by atoms with Gasteiger partial charge in [-0.05, 0) is 29.7 Å². The van der Waals surface area contributed by atoms with Crippen molar-refractivity contribution in [2.45, 2.75) is 13.8 Å². The zero-order chi connectivity index (χ0) is 13.0. The molecule has 0 bridgehead atoms. The summed E-state index contributed by atoms with van der Waals surface area (Å²) in [4.78, 5) is 3.58. The largest absolute Gasteiger partial charge is 0.392 e. The Bertz CT molecular complexity index is 406. The van der Waals surface area contributed by atoms with Gasteiger partial charge in [0.15, 0.2) is 0 Å². The fourth-order valence-electron chi connectivity index (χ4n) is 1.95. The standard InChI is InChI=1S/C14H21NO2S/c1-11(2)12(10-16)9-13-3-4-14(18-13)15-5-7-17-8-6-15/h3-4,9,11,16H,5-8,10H2,1-2H3. The Kier molecular flexibility index (Phi) is 4.80. The molecule has 1 fully saturated rings. The van der Waals surface area contributed by atoms with Crippen molar-refractivity contribution in [2.75, 3.05) is 37.8 Å². The predicted octanol–water partition coefficient (Wildman–Crippen LogP) is 2.62. The molecule has 0 spiro atoms. The predicted molar refractivity (Wildman–Crippen MR) is 77.3 cm³/mol. The van der Waals surface area contributed by atoms with Gasteiger partial charge in [-0.2, -0.15) is 0 Å². The number of anilines is 1. The van der Waals surface area contributed by atoms with E-state index in [2.05, 4.69) is 37.0 Å². The Hall–Kier alpha value is -0.840. The van der Waals surface area contributed by atoms with Crippen LogP contribution in [0.4, 0.5) is 5.00 Å². The first-order valence-electron chi connectivity index (χ1n) is 6.44. The first kappa shape index (κ1) is 13.6. The maximum Gasteiger partial charge on any atom is 0.0916 e. The van der Waals surface area contributed by atoms with E-state index in [1.807, 2.05) is 0 Å². The minimum atomic E-state index is 0.141. The fraction of sp³-hybridized carbons (Fsp3) is 0.571. The Morgan fingerprint density at radius 2 is 2.17 bits per heavy atom. The molecule has 1 aromatic rings. The molecular weight excluding hydrogens is 246 g/mol. The zero-order valence-corrected chi connectivity index (χ0v) is 11.9. The average Bonchev–Trinajstić information content (AvgIpc) is 2.85. The van der Waals surface area contributed by atoms with Crippen LogP contribution in [0.15, 0.2) is 17.7 Å². The number of hydrogen-bond donors (Lipinski definition) is 1. The molecule has 0 saturated carbocycles. The second-order valence-corrected chi connectivity index (χ2v) is 5.90. The average molecular weight is 267 g/mol. The van der Waals surface area contributed by atoms with Crippen LogP contribution in [0.1, 0.15) is 18.7 Å². The highest BCUT2D eigenvalue weighted by Crippen LogP contribution is 2.29. The number of ether oxygens (including phenoxy) is 1. The zero-order valence-electron chi connectivity index (χ0n) is 11.1. The van der Waals surface area contributed by atoms with Crippen molar-refractivity contribution in [2.24, 2.45) is 5.92 Å². The second-order valence-electron chi connectivity index (χ2n) is 4.81. The van der Waals surface area contributed by atoms with Crippen molar-refractivity contribution in [1.82, 2.24) is 0 Å². The van der Waals surface area contributed by atoms with E-state index in [9.17, 15) is 5.11 Å². The number of nitrogens with zero attached hydrogens (tertiary/aromatic N) is 1. The lowest BCUT2D eigenvalue weighted by Gasteiger charge is -2.27. The number of morpholine rings is 1. The number of thiophene rings is 1. The normalized spacial score (nSPS) is 17.6. The van der Waals surface area contributed by atoms with Gasteiger partial charge in [0.2, 0.25) is 0 Å². The van der Waals surface area contributed by atoms with Crippen LogP contribution in [-0.2, 0) is 4.74 Å². The van der Waals surface area contributed by atoms with E-state index in [1.165, 1.54) is 9.88 Å². The van der Waals surface area contributed by atoms with Crippen LogP contribution in [0.3, 0.4) is 0 Å². The summed E-state index contributed by atoms with van der Waals surface area (Å²) in [7, 11) is 0. The Balaban J connectivity index is 2.09. The van der Waals surface area contributed by atoms with Crippen LogP contribution in [0, 0.1) is 5.92 Å². The molecule has 0 radical (unpaired) electrons. The van der Waals surface area contributed by atoms with Crippen LogP contribution in [0.5, 0.6) is 0 Å². The molecule has 1 N–H and O–H groups in total. The summed E-state index contributed by atoms with van der Waals surface area (Å²) in [5, 5.41) is 10.6. The summed E-state index contributed by atoms with van der Waals surface area (Å²) in [6.07, 6.45) is 2.11. The molecule has 1 aliphatic rings. The number of rotatable bonds is 4. The van der Waals surface area contributed by atoms with Crippen molar-refractivity contribution in [3.05, 3.63) is 22.6 Å². The quantitative estimate of drug-likeness (QED) is 0.910. The van der Waals surface area contributed by atoms with Crippen LogP contribution in [-0.4, -0.2) is 38.0 Å². The molecule has 1 aliphatic heterocycles. The molecule has 100 valence electrons. The lowest BCUT2D eigenvalue weighted by molar-refractivity contribution is 0.123. The molecular formula is C14H21NO2S. The van der Waals surface area contributed by atoms with Gasteiger partial charge in [0.25, 0.3) is 0 Å². The molecule has 4 heteroatoms. The summed E-state index contributed by atoms with van der Waals surface area (Å²) in [6.45, 7) is 7.94. The summed E-state index contributed by atoms with van der Waals surface area (Å²) >= 11 is 1.78. The number of aliphatic hydroxyl groups excluding tert-OH is 1. The molecule has 2 rings (SSSR count). The van der Waals surface area contributed by atoms with Gasteiger partial charge in [0, 0.05) is 18.0 Å². The van der Waals surface area contributed by atoms with Crippen molar-refractivity contribution >= 4 is 22.4 Å². The summed E-state index contributed by atoms with van der Waals surface area (Å²) in [5.74, 6) is 0.393. The van der Waals surface area contributed by atoms with Gasteiger partial charge >= 0.3 is 0 Å². The molecule has 0 unspecified atom stereocenters. The first-order valence-corrected chi connectivity index (χ1v) is 7.26. The highest BCUT2D eigenvalue weighted by Gasteiger charge is 2.13. The van der Waals surface area contributed by atoms with E-state index in [0.29, 0.717) is 5.92 Å². The van der Waals surface area contributed by atoms with Crippen molar-refractivity contribution in [3.8, 4) is 0 Å². The minimum Gasteiger partial charge on any atom is -0.392 e. The van der Waals surface area contributed by atoms with Crippen LogP contribution < -0.4 is 4.90 Å². The maximum absolute atomic E-state index is 9.32. The number of aliphatic hydroxyl groups is 1. The van der Waals surface area contributed by atoms with Gasteiger partial charge in [0.1, 0.15) is 0 Å². The van der Waals surface area contributed by atoms with Gasteiger partial charge in [-0.25, -0.2) is 0 Å². The summed E-state index contributed by atoms with van der Waals surface area (Å²) in [6, 6.07) is 4.30. The van der Waals surface area contributed by atoms with E-state index in [1.54, 1.807) is 11.3 Å². The Morgan fingerprint density at radius 3 is 2.78 bits per heavy atom. The fourth-order valence-corrected chi connectivity index (χ4v) is 2.99. The maximum atomic E-state index is 9.32. The molecule has 18 heavy (non-hydrogen) atoms. The number of hydrogen-bond acceptors (Lipinski definition) is 4. The first-order chi connectivity index (χ1) is 8.70. The van der Waals surface area contributed by atoms with Crippen molar-refractivity contribution < 1.29 is 9.84 Å². The highest BCUT2D eigenvalue weighted by molar-refractivity contribution is 7.16. The third-order valence-electron chi connectivity index (χ3n) is 3.19. The van der Waals surface area contributed by atoms with Gasteiger partial charge in [-0.1, -0.05) is 13.8 Å². The molecule has 2 heterocycles. The third kappa shape index (κ3) is 3.34. The Labute approximate surface area is 113 Å². The summed E-state index contributed by atoms with van der Waals surface area (Å²) < 4.78 is 5.36. The molecule has 0 aliphatic carbocycles. The molecule has 0 amide bonds. The van der Waals surface area contributed by atoms with Gasteiger partial charge in [0.05, 0.1) is 24.8 Å². The van der Waals surface area contributed by atoms with Gasteiger partial charge < -0.3 is 14.7 Å². The van der Waals surface area contributed by atoms with E-state index in [4.69, 9.17) is 4.74 Å². The van der Waals surface area contributed by atoms with Crippen molar-refractivity contribution in [3.63, 3.8) is 0 Å². The molecule has 1 aromatic heterocycles. The third-order valence-corrected chi connectivity index (χ3v) is 4.28. The lowest BCUT2D eigenvalue weighted by Crippen LogP contribution is -2.35. The van der Waals surface area contributed by atoms with E-state index in [0.717, 1.165) is 31.9 Å². The van der Waals surface area contributed by atoms with E-state index < -0.39 is 0 Å². The molecule has 3 nitrogen and oxygen atoms in total. The molecule has 0 aromatic carbocycles. The van der Waals surface area contributed by atoms with Crippen molar-refractivity contribution in [1.29, 1.82) is 0 Å². The topological polar surface area (TPSA) is 32.7 Å². The lowest BCUT2D eigenvalue weighted by atomic mass is 10.0.